The van der Waals surface area contributed by atoms with E-state index in [4.69, 9.17) is 27.4 Å². The van der Waals surface area contributed by atoms with Crippen LogP contribution in [0.2, 0.25) is 10.0 Å². The van der Waals surface area contributed by atoms with Crippen molar-refractivity contribution in [3.8, 4) is 0 Å². The van der Waals surface area contributed by atoms with Gasteiger partial charge in [-0.3, -0.25) is 8.98 Å². The van der Waals surface area contributed by atoms with Crippen LogP contribution >= 0.6 is 34.5 Å². The Balaban J connectivity index is 1.79. The van der Waals surface area contributed by atoms with Gasteiger partial charge in [0.2, 0.25) is 0 Å². The van der Waals surface area contributed by atoms with Crippen LogP contribution in [0.4, 0.5) is 0 Å². The van der Waals surface area contributed by atoms with E-state index in [1.165, 1.54) is 29.5 Å². The second kappa shape index (κ2) is 8.12. The molecular formula is C14H13Cl2NO4S2. The van der Waals surface area contributed by atoms with E-state index in [-0.39, 0.29) is 27.5 Å². The van der Waals surface area contributed by atoms with Crippen molar-refractivity contribution >= 4 is 50.6 Å². The Kier molecular flexibility index (Phi) is 6.43. The molecule has 0 aliphatic carbocycles. The van der Waals surface area contributed by atoms with Crippen LogP contribution in [0.25, 0.3) is 0 Å². The van der Waals surface area contributed by atoms with Gasteiger partial charge >= 0.3 is 0 Å². The average Bonchev–Trinajstić information content (AvgIpc) is 3.03. The van der Waals surface area contributed by atoms with Crippen molar-refractivity contribution in [3.63, 3.8) is 0 Å². The van der Waals surface area contributed by atoms with Gasteiger partial charge in [0, 0.05) is 6.54 Å². The first-order chi connectivity index (χ1) is 10.9. The van der Waals surface area contributed by atoms with Crippen molar-refractivity contribution in [1.29, 1.82) is 0 Å². The number of halogens is 2. The van der Waals surface area contributed by atoms with Crippen LogP contribution in [-0.2, 0) is 14.3 Å². The third-order valence-corrected chi connectivity index (χ3v) is 5.69. The maximum atomic E-state index is 12.0. The lowest BCUT2D eigenvalue weighted by Crippen LogP contribution is -2.24. The number of benzene rings is 1. The van der Waals surface area contributed by atoms with Gasteiger partial charge in [-0.2, -0.15) is 8.42 Å². The van der Waals surface area contributed by atoms with Crippen LogP contribution < -0.4 is 5.32 Å². The number of carbonyl (C=O) groups excluding carboxylic acids is 1. The van der Waals surface area contributed by atoms with Gasteiger partial charge in [0.05, 0.1) is 26.4 Å². The lowest BCUT2D eigenvalue weighted by atomic mass is 10.4. The molecule has 0 saturated heterocycles. The molecule has 1 amide bonds. The highest BCUT2D eigenvalue weighted by Gasteiger charge is 2.16. The fraction of sp³-hybridized carbons (Fsp3) is 0.214. The third-order valence-electron chi connectivity index (χ3n) is 2.77. The Bertz CT molecular complexity index is 776. The molecule has 0 bridgehead atoms. The number of carbonyl (C=O) groups is 1. The molecule has 0 radical (unpaired) electrons. The summed E-state index contributed by atoms with van der Waals surface area (Å²) in [5.41, 5.74) is 0. The highest BCUT2D eigenvalue weighted by atomic mass is 35.5. The zero-order chi connectivity index (χ0) is 16.9. The van der Waals surface area contributed by atoms with Gasteiger partial charge in [-0.25, -0.2) is 0 Å². The largest absolute Gasteiger partial charge is 0.351 e. The van der Waals surface area contributed by atoms with Gasteiger partial charge in [0.1, 0.15) is 0 Å². The minimum absolute atomic E-state index is 0.0483. The molecule has 0 fully saturated rings. The van der Waals surface area contributed by atoms with Crippen LogP contribution in [0.1, 0.15) is 16.1 Å². The zero-order valence-electron chi connectivity index (χ0n) is 11.8. The quantitative estimate of drug-likeness (QED) is 0.576. The number of rotatable bonds is 7. The molecule has 0 aliphatic rings. The van der Waals surface area contributed by atoms with Crippen molar-refractivity contribution < 1.29 is 17.4 Å². The molecular weight excluding hydrogens is 381 g/mol. The normalized spacial score (nSPS) is 11.4. The summed E-state index contributed by atoms with van der Waals surface area (Å²) in [5.74, 6) is -0.188. The maximum absolute atomic E-state index is 12.0. The predicted octanol–water partition coefficient (Wildman–Crippen LogP) is 3.58. The topological polar surface area (TPSA) is 72.5 Å². The van der Waals surface area contributed by atoms with E-state index >= 15 is 0 Å². The molecule has 124 valence electrons. The van der Waals surface area contributed by atoms with Crippen LogP contribution in [0.5, 0.6) is 0 Å². The molecule has 5 nitrogen and oxygen atoms in total. The van der Waals surface area contributed by atoms with E-state index in [1.54, 1.807) is 12.1 Å². The third kappa shape index (κ3) is 5.19. The molecule has 0 atom stereocenters. The predicted molar refractivity (Wildman–Crippen MR) is 90.9 cm³/mol. The maximum Gasteiger partial charge on any atom is 0.297 e. The van der Waals surface area contributed by atoms with Gasteiger partial charge in [-0.05, 0) is 36.1 Å². The van der Waals surface area contributed by atoms with Crippen molar-refractivity contribution in [1.82, 2.24) is 5.32 Å². The lowest BCUT2D eigenvalue weighted by Gasteiger charge is -2.07. The summed E-state index contributed by atoms with van der Waals surface area (Å²) in [7, 11) is -3.90. The Morgan fingerprint density at radius 1 is 1.22 bits per heavy atom. The average molecular weight is 394 g/mol. The number of hydrogen-bond donors (Lipinski definition) is 1. The van der Waals surface area contributed by atoms with Crippen LogP contribution in [0.3, 0.4) is 0 Å². The van der Waals surface area contributed by atoms with Crippen molar-refractivity contribution in [2.45, 2.75) is 11.3 Å². The second-order valence-electron chi connectivity index (χ2n) is 4.44. The van der Waals surface area contributed by atoms with Gasteiger partial charge in [-0.15, -0.1) is 11.3 Å². The summed E-state index contributed by atoms with van der Waals surface area (Å²) < 4.78 is 28.8. The molecule has 2 rings (SSSR count). The molecule has 0 saturated carbocycles. The Morgan fingerprint density at radius 3 is 2.65 bits per heavy atom. The van der Waals surface area contributed by atoms with Gasteiger partial charge < -0.3 is 5.32 Å². The first kappa shape index (κ1) is 18.2. The Labute approximate surface area is 148 Å². The molecule has 1 N–H and O–H groups in total. The van der Waals surface area contributed by atoms with Gasteiger partial charge in [-0.1, -0.05) is 29.3 Å². The van der Waals surface area contributed by atoms with E-state index in [0.717, 1.165) is 0 Å². The molecule has 1 heterocycles. The van der Waals surface area contributed by atoms with Crippen molar-refractivity contribution in [2.75, 3.05) is 13.2 Å². The Hall–Kier alpha value is -1.12. The van der Waals surface area contributed by atoms with E-state index in [1.807, 2.05) is 5.38 Å². The molecule has 0 spiro atoms. The van der Waals surface area contributed by atoms with Gasteiger partial charge in [0.25, 0.3) is 16.0 Å². The fourth-order valence-electron chi connectivity index (χ4n) is 1.64. The number of thiophene rings is 1. The minimum Gasteiger partial charge on any atom is -0.351 e. The zero-order valence-corrected chi connectivity index (χ0v) is 14.9. The molecule has 0 aliphatic heterocycles. The molecule has 2 aromatic rings. The smallest absolute Gasteiger partial charge is 0.297 e. The molecule has 1 aromatic carbocycles. The molecule has 9 heteroatoms. The number of amides is 1. The summed E-state index contributed by atoms with van der Waals surface area (Å²) >= 11 is 12.9. The summed E-state index contributed by atoms with van der Waals surface area (Å²) in [6.07, 6.45) is 0.359. The fourth-order valence-corrected chi connectivity index (χ4v) is 3.61. The summed E-state index contributed by atoms with van der Waals surface area (Å²) in [6, 6.07) is 7.44. The van der Waals surface area contributed by atoms with E-state index in [2.05, 4.69) is 5.32 Å². The van der Waals surface area contributed by atoms with E-state index in [9.17, 15) is 13.2 Å². The van der Waals surface area contributed by atoms with Crippen LogP contribution in [0.15, 0.2) is 40.6 Å². The number of nitrogens with one attached hydrogen (secondary N) is 1. The van der Waals surface area contributed by atoms with Gasteiger partial charge in [0.15, 0.2) is 0 Å². The first-order valence-electron chi connectivity index (χ1n) is 6.56. The minimum atomic E-state index is -3.90. The van der Waals surface area contributed by atoms with E-state index < -0.39 is 10.1 Å². The molecule has 23 heavy (non-hydrogen) atoms. The lowest BCUT2D eigenvalue weighted by molar-refractivity contribution is 0.0956. The van der Waals surface area contributed by atoms with E-state index in [0.29, 0.717) is 17.8 Å². The summed E-state index contributed by atoms with van der Waals surface area (Å²) in [6.45, 7) is 0.265. The monoisotopic (exact) mass is 393 g/mol. The SMILES string of the molecule is O=C(NCCCOS(=O)(=O)c1ccc(Cl)c(Cl)c1)c1cccs1. The van der Waals surface area contributed by atoms with Crippen molar-refractivity contribution in [2.24, 2.45) is 0 Å². The van der Waals surface area contributed by atoms with Crippen LogP contribution in [0, 0.1) is 0 Å². The summed E-state index contributed by atoms with van der Waals surface area (Å²) in [5, 5.41) is 4.90. The highest BCUT2D eigenvalue weighted by molar-refractivity contribution is 7.86. The number of hydrogen-bond acceptors (Lipinski definition) is 5. The second-order valence-corrected chi connectivity index (χ2v) is 7.82. The van der Waals surface area contributed by atoms with Crippen molar-refractivity contribution in [3.05, 3.63) is 50.6 Å². The molecule has 0 unspecified atom stereocenters. The Morgan fingerprint density at radius 2 is 2.00 bits per heavy atom. The summed E-state index contributed by atoms with van der Waals surface area (Å²) in [4.78, 5) is 12.2. The van der Waals surface area contributed by atoms with Crippen LogP contribution in [-0.4, -0.2) is 27.5 Å². The highest BCUT2D eigenvalue weighted by Crippen LogP contribution is 2.25. The molecule has 1 aromatic heterocycles. The first-order valence-corrected chi connectivity index (χ1v) is 9.61. The standard InChI is InChI=1S/C14H13Cl2NO4S2/c15-11-5-4-10(9-12(11)16)23(19,20)21-7-2-6-17-14(18)13-3-1-8-22-13/h1,3-5,8-9H,2,6-7H2,(H,17,18).